The molecule has 3 aromatic rings. The molecule has 1 N–H and O–H groups in total. The lowest BCUT2D eigenvalue weighted by Gasteiger charge is -2.06. The molecule has 2 aromatic carbocycles. The van der Waals surface area contributed by atoms with Gasteiger partial charge in [0.25, 0.3) is 0 Å². The molecule has 1 amide bonds. The lowest BCUT2D eigenvalue weighted by Crippen LogP contribution is -2.15. The van der Waals surface area contributed by atoms with Crippen molar-refractivity contribution in [1.29, 1.82) is 0 Å². The van der Waals surface area contributed by atoms with Crippen LogP contribution in [0.2, 0.25) is 0 Å². The molecule has 134 valence electrons. The van der Waals surface area contributed by atoms with Crippen LogP contribution in [0.3, 0.4) is 0 Å². The molecule has 0 fully saturated rings. The summed E-state index contributed by atoms with van der Waals surface area (Å²) in [5.74, 6) is 0.737. The molecule has 0 saturated carbocycles. The maximum Gasteiger partial charge on any atom is 0.230 e. The van der Waals surface area contributed by atoms with Crippen LogP contribution in [-0.4, -0.2) is 25.6 Å². The number of sulfone groups is 1. The van der Waals surface area contributed by atoms with Gasteiger partial charge in [-0.3, -0.25) is 4.79 Å². The van der Waals surface area contributed by atoms with Gasteiger partial charge in [-0.05, 0) is 37.3 Å². The standard InChI is InChI=1S/C19H18N2O4S/c1-13-17(21-19(25-13)14-7-4-3-5-8-14)12-18(22)20-15-9-6-10-16(11-15)26(2,23)24/h3-11H,12H2,1-2H3,(H,20,22). The molecule has 7 heteroatoms. The minimum absolute atomic E-state index is 0.0330. The zero-order chi connectivity index (χ0) is 18.7. The smallest absolute Gasteiger partial charge is 0.230 e. The first-order chi connectivity index (χ1) is 12.3. The highest BCUT2D eigenvalue weighted by atomic mass is 32.2. The topological polar surface area (TPSA) is 89.3 Å². The number of carbonyl (C=O) groups is 1. The molecule has 0 radical (unpaired) electrons. The van der Waals surface area contributed by atoms with Gasteiger partial charge >= 0.3 is 0 Å². The molecule has 1 heterocycles. The highest BCUT2D eigenvalue weighted by Crippen LogP contribution is 2.22. The Balaban J connectivity index is 1.74. The highest BCUT2D eigenvalue weighted by Gasteiger charge is 2.15. The minimum Gasteiger partial charge on any atom is -0.441 e. The maximum absolute atomic E-state index is 12.3. The van der Waals surface area contributed by atoms with Gasteiger partial charge in [0.15, 0.2) is 9.84 Å². The molecule has 1 aromatic heterocycles. The second-order valence-electron chi connectivity index (χ2n) is 5.91. The Morgan fingerprint density at radius 2 is 1.85 bits per heavy atom. The normalized spacial score (nSPS) is 11.3. The van der Waals surface area contributed by atoms with Gasteiger partial charge in [-0.2, -0.15) is 0 Å². The lowest BCUT2D eigenvalue weighted by atomic mass is 10.2. The number of aryl methyl sites for hydroxylation is 1. The number of rotatable bonds is 5. The average molecular weight is 370 g/mol. The summed E-state index contributed by atoms with van der Waals surface area (Å²) in [6, 6.07) is 15.6. The Morgan fingerprint density at radius 3 is 2.54 bits per heavy atom. The largest absolute Gasteiger partial charge is 0.441 e. The Bertz CT molecular complexity index is 1040. The third-order valence-electron chi connectivity index (χ3n) is 3.79. The molecule has 0 aliphatic carbocycles. The SMILES string of the molecule is Cc1oc(-c2ccccc2)nc1CC(=O)Nc1cccc(S(C)(=O)=O)c1. The van der Waals surface area contributed by atoms with Gasteiger partial charge in [0, 0.05) is 17.5 Å². The fourth-order valence-electron chi connectivity index (χ4n) is 2.46. The van der Waals surface area contributed by atoms with E-state index in [1.54, 1.807) is 19.1 Å². The molecule has 6 nitrogen and oxygen atoms in total. The van der Waals surface area contributed by atoms with Crippen molar-refractivity contribution in [2.75, 3.05) is 11.6 Å². The van der Waals surface area contributed by atoms with Crippen molar-refractivity contribution < 1.29 is 17.6 Å². The fraction of sp³-hybridized carbons (Fsp3) is 0.158. The Morgan fingerprint density at radius 1 is 1.12 bits per heavy atom. The number of anilines is 1. The van der Waals surface area contributed by atoms with Gasteiger partial charge in [0.1, 0.15) is 5.76 Å². The maximum atomic E-state index is 12.3. The number of nitrogens with one attached hydrogen (secondary N) is 1. The summed E-state index contributed by atoms with van der Waals surface area (Å²) in [5, 5.41) is 2.69. The quantitative estimate of drug-likeness (QED) is 0.745. The first-order valence-electron chi connectivity index (χ1n) is 7.94. The third-order valence-corrected chi connectivity index (χ3v) is 4.90. The van der Waals surface area contributed by atoms with Crippen LogP contribution in [0.5, 0.6) is 0 Å². The molecular weight excluding hydrogens is 352 g/mol. The van der Waals surface area contributed by atoms with Gasteiger partial charge in [-0.25, -0.2) is 13.4 Å². The number of nitrogens with zero attached hydrogens (tertiary/aromatic N) is 1. The Labute approximate surface area is 151 Å². The van der Waals surface area contributed by atoms with Crippen molar-refractivity contribution in [1.82, 2.24) is 4.98 Å². The molecule has 0 unspecified atom stereocenters. The van der Waals surface area contributed by atoms with Crippen molar-refractivity contribution in [2.24, 2.45) is 0 Å². The van der Waals surface area contributed by atoms with Gasteiger partial charge in [0.2, 0.25) is 11.8 Å². The summed E-state index contributed by atoms with van der Waals surface area (Å²) in [5.41, 5.74) is 1.80. The van der Waals surface area contributed by atoms with E-state index >= 15 is 0 Å². The van der Waals surface area contributed by atoms with Gasteiger partial charge in [-0.15, -0.1) is 0 Å². The first kappa shape index (κ1) is 17.9. The Kier molecular flexibility index (Phi) is 4.90. The van der Waals surface area contributed by atoms with Crippen molar-refractivity contribution in [3.8, 4) is 11.5 Å². The van der Waals surface area contributed by atoms with E-state index in [4.69, 9.17) is 4.42 Å². The van der Waals surface area contributed by atoms with Gasteiger partial charge in [0.05, 0.1) is 17.0 Å². The molecule has 0 bridgehead atoms. The van der Waals surface area contributed by atoms with Crippen LogP contribution in [0, 0.1) is 6.92 Å². The number of hydrogen-bond acceptors (Lipinski definition) is 5. The number of benzene rings is 2. The Hall–Kier alpha value is -2.93. The van der Waals surface area contributed by atoms with E-state index < -0.39 is 9.84 Å². The van der Waals surface area contributed by atoms with Crippen LogP contribution >= 0.6 is 0 Å². The zero-order valence-electron chi connectivity index (χ0n) is 14.4. The van der Waals surface area contributed by atoms with E-state index in [1.807, 2.05) is 30.3 Å². The molecular formula is C19H18N2O4S. The average Bonchev–Trinajstić information content (AvgIpc) is 2.96. The molecule has 0 atom stereocenters. The number of amides is 1. The van der Waals surface area contributed by atoms with Crippen LogP contribution in [0.15, 0.2) is 63.9 Å². The molecule has 0 aliphatic heterocycles. The monoisotopic (exact) mass is 370 g/mol. The third kappa shape index (κ3) is 4.18. The molecule has 26 heavy (non-hydrogen) atoms. The zero-order valence-corrected chi connectivity index (χ0v) is 15.2. The van der Waals surface area contributed by atoms with E-state index in [0.717, 1.165) is 11.8 Å². The summed E-state index contributed by atoms with van der Waals surface area (Å²) in [6.07, 6.45) is 1.16. The predicted octanol–water partition coefficient (Wildman–Crippen LogP) is 3.23. The van der Waals surface area contributed by atoms with E-state index in [9.17, 15) is 13.2 Å². The van der Waals surface area contributed by atoms with Crippen molar-refractivity contribution >= 4 is 21.4 Å². The van der Waals surface area contributed by atoms with E-state index in [2.05, 4.69) is 10.3 Å². The molecule has 0 spiro atoms. The van der Waals surface area contributed by atoms with Crippen LogP contribution in [0.25, 0.3) is 11.5 Å². The van der Waals surface area contributed by atoms with Crippen molar-refractivity contribution in [3.63, 3.8) is 0 Å². The van der Waals surface area contributed by atoms with Gasteiger partial charge < -0.3 is 9.73 Å². The molecule has 0 saturated heterocycles. The van der Waals surface area contributed by atoms with E-state index in [-0.39, 0.29) is 17.2 Å². The predicted molar refractivity (Wildman–Crippen MR) is 98.6 cm³/mol. The lowest BCUT2D eigenvalue weighted by molar-refractivity contribution is -0.115. The number of carbonyl (C=O) groups excluding carboxylic acids is 1. The summed E-state index contributed by atoms with van der Waals surface area (Å²) in [4.78, 5) is 16.8. The summed E-state index contributed by atoms with van der Waals surface area (Å²) in [7, 11) is -3.33. The summed E-state index contributed by atoms with van der Waals surface area (Å²) in [6.45, 7) is 1.76. The highest BCUT2D eigenvalue weighted by molar-refractivity contribution is 7.90. The van der Waals surface area contributed by atoms with Crippen molar-refractivity contribution in [3.05, 3.63) is 66.1 Å². The summed E-state index contributed by atoms with van der Waals surface area (Å²) < 4.78 is 28.9. The van der Waals surface area contributed by atoms with Crippen LogP contribution in [0.1, 0.15) is 11.5 Å². The van der Waals surface area contributed by atoms with Crippen LogP contribution < -0.4 is 5.32 Å². The summed E-state index contributed by atoms with van der Waals surface area (Å²) >= 11 is 0. The van der Waals surface area contributed by atoms with Crippen molar-refractivity contribution in [2.45, 2.75) is 18.2 Å². The van der Waals surface area contributed by atoms with E-state index in [1.165, 1.54) is 12.1 Å². The second kappa shape index (κ2) is 7.13. The second-order valence-corrected chi connectivity index (χ2v) is 7.93. The van der Waals surface area contributed by atoms with Crippen LogP contribution in [-0.2, 0) is 21.1 Å². The fourth-order valence-corrected chi connectivity index (χ4v) is 3.12. The molecule has 0 aliphatic rings. The van der Waals surface area contributed by atoms with Crippen LogP contribution in [0.4, 0.5) is 5.69 Å². The first-order valence-corrected chi connectivity index (χ1v) is 9.84. The number of oxazole rings is 1. The minimum atomic E-state index is -3.33. The van der Waals surface area contributed by atoms with E-state index in [0.29, 0.717) is 23.0 Å². The number of aromatic nitrogens is 1. The molecule has 3 rings (SSSR count). The number of hydrogen-bond donors (Lipinski definition) is 1. The van der Waals surface area contributed by atoms with Gasteiger partial charge in [-0.1, -0.05) is 24.3 Å².